The number of hydrogen-bond donors (Lipinski definition) is 2. The summed E-state index contributed by atoms with van der Waals surface area (Å²) in [4.78, 5) is 8.63. The van der Waals surface area contributed by atoms with Crippen molar-refractivity contribution in [3.8, 4) is 0 Å². The van der Waals surface area contributed by atoms with E-state index in [1.54, 1.807) is 4.68 Å². The minimum absolute atomic E-state index is 0. The third kappa shape index (κ3) is 5.81. The molecular formula is C14H24IN7O. The summed E-state index contributed by atoms with van der Waals surface area (Å²) in [7, 11) is 1.85. The molecule has 9 heteroatoms. The normalized spacial score (nSPS) is 11.4. The van der Waals surface area contributed by atoms with Gasteiger partial charge in [-0.2, -0.15) is 5.10 Å². The van der Waals surface area contributed by atoms with Gasteiger partial charge in [-0.3, -0.25) is 4.68 Å². The van der Waals surface area contributed by atoms with Crippen LogP contribution < -0.4 is 10.6 Å². The lowest BCUT2D eigenvalue weighted by atomic mass is 10.1. The summed E-state index contributed by atoms with van der Waals surface area (Å²) in [6.45, 7) is 7.95. The lowest BCUT2D eigenvalue weighted by Gasteiger charge is -2.09. The zero-order valence-electron chi connectivity index (χ0n) is 13.9. The van der Waals surface area contributed by atoms with Gasteiger partial charge in [0.1, 0.15) is 18.7 Å². The van der Waals surface area contributed by atoms with Crippen molar-refractivity contribution in [2.75, 3.05) is 6.54 Å². The Balaban J connectivity index is 0.00000264. The molecule has 0 aliphatic rings. The first-order valence-corrected chi connectivity index (χ1v) is 7.40. The molecule has 23 heavy (non-hydrogen) atoms. The van der Waals surface area contributed by atoms with Crippen LogP contribution in [0.5, 0.6) is 0 Å². The zero-order valence-corrected chi connectivity index (χ0v) is 16.2. The van der Waals surface area contributed by atoms with Crippen LogP contribution in [-0.2, 0) is 20.1 Å². The highest BCUT2D eigenvalue weighted by Gasteiger charge is 2.08. The van der Waals surface area contributed by atoms with E-state index in [1.807, 2.05) is 20.0 Å². The van der Waals surface area contributed by atoms with Crippen LogP contribution in [0.2, 0.25) is 0 Å². The molecule has 0 radical (unpaired) electrons. The number of hydrogen-bond acceptors (Lipinski definition) is 5. The molecule has 0 atom stereocenters. The Hall–Kier alpha value is -1.65. The highest BCUT2D eigenvalue weighted by atomic mass is 127. The van der Waals surface area contributed by atoms with Crippen LogP contribution in [0.1, 0.15) is 44.0 Å². The van der Waals surface area contributed by atoms with Crippen LogP contribution in [0.15, 0.2) is 21.9 Å². The smallest absolute Gasteiger partial charge is 0.192 e. The van der Waals surface area contributed by atoms with E-state index in [2.05, 4.69) is 44.7 Å². The summed E-state index contributed by atoms with van der Waals surface area (Å²) >= 11 is 0. The lowest BCUT2D eigenvalue weighted by Crippen LogP contribution is -2.36. The number of nitrogens with one attached hydrogen (secondary N) is 2. The first kappa shape index (κ1) is 19.4. The molecule has 2 aromatic rings. The van der Waals surface area contributed by atoms with E-state index in [4.69, 9.17) is 4.52 Å². The lowest BCUT2D eigenvalue weighted by molar-refractivity contribution is 0.372. The molecule has 2 aromatic heterocycles. The summed E-state index contributed by atoms with van der Waals surface area (Å²) in [6, 6.07) is 1.96. The van der Waals surface area contributed by atoms with Crippen molar-refractivity contribution in [1.29, 1.82) is 0 Å². The summed E-state index contributed by atoms with van der Waals surface area (Å²) in [5.74, 6) is 2.65. The van der Waals surface area contributed by atoms with Gasteiger partial charge < -0.3 is 15.2 Å². The Kier molecular flexibility index (Phi) is 8.00. The summed E-state index contributed by atoms with van der Waals surface area (Å²) in [6.07, 6.45) is 1.52. The van der Waals surface area contributed by atoms with E-state index in [1.165, 1.54) is 6.33 Å². The third-order valence-electron chi connectivity index (χ3n) is 3.13. The molecule has 0 aromatic carbocycles. The van der Waals surface area contributed by atoms with Gasteiger partial charge in [-0.1, -0.05) is 19.0 Å². The van der Waals surface area contributed by atoms with Crippen molar-refractivity contribution in [2.24, 2.45) is 12.0 Å². The molecule has 0 saturated carbocycles. The monoisotopic (exact) mass is 433 g/mol. The van der Waals surface area contributed by atoms with Gasteiger partial charge in [0.2, 0.25) is 0 Å². The Morgan fingerprint density at radius 1 is 1.39 bits per heavy atom. The van der Waals surface area contributed by atoms with Crippen LogP contribution in [0.4, 0.5) is 0 Å². The Bertz CT molecular complexity index is 620. The SMILES string of the molecule is CCNC(=NCc1ncnn1C)NCc1cc(C(C)C)no1.I. The number of guanidine groups is 1. The quantitative estimate of drug-likeness (QED) is 0.410. The molecule has 2 heterocycles. The van der Waals surface area contributed by atoms with Crippen LogP contribution in [0.25, 0.3) is 0 Å². The molecule has 0 bridgehead atoms. The van der Waals surface area contributed by atoms with Gasteiger partial charge in [-0.25, -0.2) is 9.98 Å². The Morgan fingerprint density at radius 2 is 2.17 bits per heavy atom. The maximum atomic E-state index is 5.30. The van der Waals surface area contributed by atoms with Crippen molar-refractivity contribution in [3.63, 3.8) is 0 Å². The second kappa shape index (κ2) is 9.48. The number of rotatable bonds is 6. The van der Waals surface area contributed by atoms with Crippen molar-refractivity contribution >= 4 is 29.9 Å². The second-order valence-electron chi connectivity index (χ2n) is 5.22. The molecule has 0 aliphatic carbocycles. The number of halogens is 1. The molecule has 0 fully saturated rings. The number of aromatic nitrogens is 4. The van der Waals surface area contributed by atoms with Gasteiger partial charge in [0.15, 0.2) is 11.7 Å². The first-order chi connectivity index (χ1) is 10.6. The predicted octanol–water partition coefficient (Wildman–Crippen LogP) is 1.80. The molecule has 2 N–H and O–H groups in total. The number of aryl methyl sites for hydroxylation is 1. The van der Waals surface area contributed by atoms with E-state index in [9.17, 15) is 0 Å². The summed E-state index contributed by atoms with van der Waals surface area (Å²) in [5, 5.41) is 14.5. The molecule has 2 rings (SSSR count). The molecule has 128 valence electrons. The number of nitrogens with zero attached hydrogens (tertiary/aromatic N) is 5. The summed E-state index contributed by atoms with van der Waals surface area (Å²) in [5.41, 5.74) is 0.956. The fraction of sp³-hybridized carbons (Fsp3) is 0.571. The zero-order chi connectivity index (χ0) is 15.9. The standard InChI is InChI=1S/C14H23N7O.HI/c1-5-15-14(17-8-13-18-9-19-21(13)4)16-7-11-6-12(10(2)3)20-22-11;/h6,9-10H,5,7-8H2,1-4H3,(H2,15,16,17);1H. The predicted molar refractivity (Wildman–Crippen MR) is 98.7 cm³/mol. The van der Waals surface area contributed by atoms with E-state index >= 15 is 0 Å². The molecule has 8 nitrogen and oxygen atoms in total. The van der Waals surface area contributed by atoms with Crippen molar-refractivity contribution in [3.05, 3.63) is 29.7 Å². The van der Waals surface area contributed by atoms with E-state index in [-0.39, 0.29) is 24.0 Å². The van der Waals surface area contributed by atoms with E-state index in [0.29, 0.717) is 25.0 Å². The molecule has 0 spiro atoms. The van der Waals surface area contributed by atoms with Gasteiger partial charge in [0.25, 0.3) is 0 Å². The van der Waals surface area contributed by atoms with Crippen molar-refractivity contribution in [2.45, 2.75) is 39.8 Å². The minimum Gasteiger partial charge on any atom is -0.359 e. The van der Waals surface area contributed by atoms with E-state index in [0.717, 1.165) is 23.8 Å². The molecule has 0 amide bonds. The Morgan fingerprint density at radius 3 is 2.74 bits per heavy atom. The van der Waals surface area contributed by atoms with Gasteiger partial charge in [0.05, 0.1) is 12.2 Å². The van der Waals surface area contributed by atoms with Crippen LogP contribution >= 0.6 is 24.0 Å². The molecule has 0 saturated heterocycles. The van der Waals surface area contributed by atoms with Crippen LogP contribution in [0.3, 0.4) is 0 Å². The maximum absolute atomic E-state index is 5.30. The summed E-state index contributed by atoms with van der Waals surface area (Å²) < 4.78 is 7.01. The Labute approximate surface area is 153 Å². The average Bonchev–Trinajstić information content (AvgIpc) is 3.11. The topological polar surface area (TPSA) is 93.2 Å². The minimum atomic E-state index is 0. The third-order valence-corrected chi connectivity index (χ3v) is 3.13. The fourth-order valence-corrected chi connectivity index (χ4v) is 1.81. The fourth-order valence-electron chi connectivity index (χ4n) is 1.81. The second-order valence-corrected chi connectivity index (χ2v) is 5.22. The van der Waals surface area contributed by atoms with Crippen molar-refractivity contribution < 1.29 is 4.52 Å². The van der Waals surface area contributed by atoms with Crippen LogP contribution in [0, 0.1) is 0 Å². The van der Waals surface area contributed by atoms with Crippen molar-refractivity contribution in [1.82, 2.24) is 30.6 Å². The van der Waals surface area contributed by atoms with Gasteiger partial charge in [-0.05, 0) is 12.8 Å². The molecule has 0 aliphatic heterocycles. The molecular weight excluding hydrogens is 409 g/mol. The van der Waals surface area contributed by atoms with Gasteiger partial charge >= 0.3 is 0 Å². The number of aliphatic imine (C=N–C) groups is 1. The molecule has 0 unspecified atom stereocenters. The highest BCUT2D eigenvalue weighted by molar-refractivity contribution is 14.0. The average molecular weight is 433 g/mol. The van der Waals surface area contributed by atoms with Gasteiger partial charge in [0, 0.05) is 19.7 Å². The van der Waals surface area contributed by atoms with E-state index < -0.39 is 0 Å². The first-order valence-electron chi connectivity index (χ1n) is 7.40. The highest BCUT2D eigenvalue weighted by Crippen LogP contribution is 2.13. The van der Waals surface area contributed by atoms with Crippen LogP contribution in [-0.4, -0.2) is 32.4 Å². The van der Waals surface area contributed by atoms with Gasteiger partial charge in [-0.15, -0.1) is 24.0 Å². The largest absolute Gasteiger partial charge is 0.359 e. The maximum Gasteiger partial charge on any atom is 0.192 e.